The molecule has 0 atom stereocenters. The van der Waals surface area contributed by atoms with Gasteiger partial charge in [-0.15, -0.1) is 0 Å². The van der Waals surface area contributed by atoms with Crippen molar-refractivity contribution in [3.05, 3.63) is 57.8 Å². The number of fused-ring (bicyclic) bond motifs is 1. The number of sulfonamides is 1. The third-order valence-electron chi connectivity index (χ3n) is 5.41. The molecule has 9 heteroatoms. The number of hydrogen-bond donors (Lipinski definition) is 0. The number of halogens is 2. The fourth-order valence-corrected chi connectivity index (χ4v) is 6.46. The number of amides is 1. The summed E-state index contributed by atoms with van der Waals surface area (Å²) in [5, 5.41) is 0. The topological polar surface area (TPSA) is 66.9 Å². The van der Waals surface area contributed by atoms with Crippen LogP contribution in [0, 0.1) is 12.7 Å². The minimum absolute atomic E-state index is 0.0379. The highest BCUT2D eigenvalue weighted by molar-refractivity contribution is 9.10. The number of rotatable bonds is 3. The molecule has 0 spiro atoms. The number of carbonyl (C=O) groups excluding carboxylic acids is 1. The molecule has 0 bridgehead atoms. The van der Waals surface area contributed by atoms with E-state index in [4.69, 9.17) is 4.74 Å². The van der Waals surface area contributed by atoms with Gasteiger partial charge in [0.25, 0.3) is 0 Å². The highest BCUT2D eigenvalue weighted by atomic mass is 79.9. The van der Waals surface area contributed by atoms with E-state index in [0.717, 1.165) is 28.9 Å². The van der Waals surface area contributed by atoms with E-state index in [2.05, 4.69) is 15.9 Å². The second-order valence-corrected chi connectivity index (χ2v) is 9.98. The number of benzene rings is 2. The van der Waals surface area contributed by atoms with Gasteiger partial charge < -0.3 is 4.74 Å². The Hall–Kier alpha value is -1.97. The van der Waals surface area contributed by atoms with Gasteiger partial charge >= 0.3 is 6.09 Å². The van der Waals surface area contributed by atoms with Gasteiger partial charge in [-0.25, -0.2) is 17.6 Å². The van der Waals surface area contributed by atoms with Crippen molar-refractivity contribution in [1.82, 2.24) is 4.31 Å². The van der Waals surface area contributed by atoms with Crippen LogP contribution in [0.15, 0.2) is 45.8 Å². The molecule has 1 fully saturated rings. The first-order chi connectivity index (χ1) is 13.8. The molecule has 0 radical (unpaired) electrons. The number of aryl methyl sites for hydroxylation is 1. The van der Waals surface area contributed by atoms with E-state index in [-0.39, 0.29) is 35.1 Å². The summed E-state index contributed by atoms with van der Waals surface area (Å²) >= 11 is 3.14. The Morgan fingerprint density at radius 2 is 1.90 bits per heavy atom. The molecule has 2 aliphatic rings. The van der Waals surface area contributed by atoms with Gasteiger partial charge in [-0.05, 0) is 59.5 Å². The molecule has 1 amide bonds. The molecular formula is C20H20BrFN2O4S. The minimum Gasteiger partial charge on any atom is -0.444 e. The Balaban J connectivity index is 1.55. The molecule has 2 aliphatic heterocycles. The smallest absolute Gasteiger partial charge is 0.414 e. The van der Waals surface area contributed by atoms with Crippen LogP contribution in [0.1, 0.15) is 24.0 Å². The zero-order valence-electron chi connectivity index (χ0n) is 15.8. The zero-order chi connectivity index (χ0) is 20.8. The lowest BCUT2D eigenvalue weighted by molar-refractivity contribution is 0.135. The second-order valence-electron chi connectivity index (χ2n) is 7.22. The molecule has 6 nitrogen and oxygen atoms in total. The number of nitrogens with zero attached hydrogens (tertiary/aromatic N) is 2. The Bertz CT molecular complexity index is 1070. The van der Waals surface area contributed by atoms with Crippen molar-refractivity contribution < 1.29 is 22.3 Å². The summed E-state index contributed by atoms with van der Waals surface area (Å²) in [6, 6.07) is 9.22. The van der Waals surface area contributed by atoms with E-state index in [1.54, 1.807) is 4.90 Å². The number of anilines is 1. The molecule has 2 heterocycles. The van der Waals surface area contributed by atoms with E-state index in [9.17, 15) is 17.6 Å². The molecule has 0 N–H and O–H groups in total. The fraction of sp³-hybridized carbons (Fsp3) is 0.350. The maximum absolute atomic E-state index is 13.3. The van der Waals surface area contributed by atoms with Gasteiger partial charge in [0.1, 0.15) is 12.4 Å². The van der Waals surface area contributed by atoms with Gasteiger partial charge in [0.15, 0.2) is 0 Å². The van der Waals surface area contributed by atoms with Crippen molar-refractivity contribution in [2.75, 3.05) is 18.0 Å². The average Bonchev–Trinajstić information content (AvgIpc) is 2.68. The van der Waals surface area contributed by atoms with E-state index >= 15 is 0 Å². The Labute approximate surface area is 177 Å². The molecule has 2 aromatic rings. The predicted octanol–water partition coefficient (Wildman–Crippen LogP) is 4.21. The predicted molar refractivity (Wildman–Crippen MR) is 110 cm³/mol. The summed E-state index contributed by atoms with van der Waals surface area (Å²) in [6.07, 6.45) is 0.580. The summed E-state index contributed by atoms with van der Waals surface area (Å²) in [6.45, 7) is 2.73. The number of cyclic esters (lactones) is 1. The first kappa shape index (κ1) is 20.3. The monoisotopic (exact) mass is 482 g/mol. The van der Waals surface area contributed by atoms with Gasteiger partial charge in [0.2, 0.25) is 10.0 Å². The lowest BCUT2D eigenvalue weighted by Gasteiger charge is -2.40. The SMILES string of the molecule is Cc1cccc2c1N(C1CCN(S(=O)(=O)c3ccc(F)cc3Br)CC1)C(=O)OC2. The van der Waals surface area contributed by atoms with Crippen LogP contribution in [-0.2, 0) is 21.4 Å². The molecule has 0 unspecified atom stereocenters. The van der Waals surface area contributed by atoms with Crippen molar-refractivity contribution in [3.8, 4) is 0 Å². The number of hydrogen-bond acceptors (Lipinski definition) is 4. The molecule has 2 aromatic carbocycles. The number of piperidine rings is 1. The number of para-hydroxylation sites is 1. The zero-order valence-corrected chi connectivity index (χ0v) is 18.2. The Morgan fingerprint density at radius 3 is 2.59 bits per heavy atom. The summed E-state index contributed by atoms with van der Waals surface area (Å²) in [5.74, 6) is -0.507. The summed E-state index contributed by atoms with van der Waals surface area (Å²) < 4.78 is 46.2. The van der Waals surface area contributed by atoms with E-state index in [0.29, 0.717) is 12.8 Å². The average molecular weight is 483 g/mol. The molecule has 0 aliphatic carbocycles. The van der Waals surface area contributed by atoms with Crippen molar-refractivity contribution in [2.45, 2.75) is 37.3 Å². The minimum atomic E-state index is -3.76. The molecule has 0 aromatic heterocycles. The van der Waals surface area contributed by atoms with Crippen LogP contribution < -0.4 is 4.90 Å². The van der Waals surface area contributed by atoms with Crippen LogP contribution in [0.3, 0.4) is 0 Å². The largest absolute Gasteiger partial charge is 0.444 e. The Morgan fingerprint density at radius 1 is 1.17 bits per heavy atom. The molecular weight excluding hydrogens is 463 g/mol. The summed E-state index contributed by atoms with van der Waals surface area (Å²) in [4.78, 5) is 14.2. The number of carbonyl (C=O) groups is 1. The Kier molecular flexibility index (Phi) is 5.39. The molecule has 154 valence electrons. The molecule has 1 saturated heterocycles. The summed E-state index contributed by atoms with van der Waals surface area (Å²) in [7, 11) is -3.76. The van der Waals surface area contributed by atoms with Crippen LogP contribution in [-0.4, -0.2) is 37.9 Å². The van der Waals surface area contributed by atoms with E-state index in [1.165, 1.54) is 10.4 Å². The van der Waals surface area contributed by atoms with Crippen molar-refractivity contribution in [3.63, 3.8) is 0 Å². The highest BCUT2D eigenvalue weighted by Gasteiger charge is 2.38. The van der Waals surface area contributed by atoms with Gasteiger partial charge in [-0.2, -0.15) is 4.31 Å². The lowest BCUT2D eigenvalue weighted by Crippen LogP contribution is -2.50. The first-order valence-corrected chi connectivity index (χ1v) is 11.5. The van der Waals surface area contributed by atoms with Crippen LogP contribution in [0.5, 0.6) is 0 Å². The normalized spacial score (nSPS) is 18.4. The highest BCUT2D eigenvalue weighted by Crippen LogP contribution is 2.35. The van der Waals surface area contributed by atoms with Crippen LogP contribution >= 0.6 is 15.9 Å². The van der Waals surface area contributed by atoms with Gasteiger partial charge in [-0.1, -0.05) is 18.2 Å². The van der Waals surface area contributed by atoms with Gasteiger partial charge in [0, 0.05) is 29.2 Å². The van der Waals surface area contributed by atoms with Gasteiger partial charge in [-0.3, -0.25) is 4.90 Å². The quantitative estimate of drug-likeness (QED) is 0.657. The third kappa shape index (κ3) is 3.67. The maximum atomic E-state index is 13.3. The molecule has 29 heavy (non-hydrogen) atoms. The van der Waals surface area contributed by atoms with Crippen molar-refractivity contribution in [1.29, 1.82) is 0 Å². The van der Waals surface area contributed by atoms with Crippen LogP contribution in [0.4, 0.5) is 14.9 Å². The fourth-order valence-electron chi connectivity index (χ4n) is 3.98. The van der Waals surface area contributed by atoms with Crippen LogP contribution in [0.25, 0.3) is 0 Å². The van der Waals surface area contributed by atoms with Gasteiger partial charge in [0.05, 0.1) is 10.6 Å². The second kappa shape index (κ2) is 7.70. The van der Waals surface area contributed by atoms with Crippen molar-refractivity contribution in [2.24, 2.45) is 0 Å². The number of ether oxygens (including phenoxy) is 1. The van der Waals surface area contributed by atoms with E-state index in [1.807, 2.05) is 25.1 Å². The van der Waals surface area contributed by atoms with Crippen LogP contribution in [0.2, 0.25) is 0 Å². The van der Waals surface area contributed by atoms with E-state index < -0.39 is 21.9 Å². The third-order valence-corrected chi connectivity index (χ3v) is 8.29. The standard InChI is InChI=1S/C20H20BrFN2O4S/c1-13-3-2-4-14-12-28-20(25)24(19(13)14)16-7-9-23(10-8-16)29(26,27)18-6-5-15(22)11-17(18)21/h2-6,11,16H,7-10,12H2,1H3. The van der Waals surface area contributed by atoms with Crippen molar-refractivity contribution >= 4 is 37.7 Å². The maximum Gasteiger partial charge on any atom is 0.414 e. The lowest BCUT2D eigenvalue weighted by atomic mass is 10.00. The summed E-state index contributed by atoms with van der Waals surface area (Å²) in [5.41, 5.74) is 2.81. The first-order valence-electron chi connectivity index (χ1n) is 9.28. The molecule has 4 rings (SSSR count). The molecule has 0 saturated carbocycles.